The first-order chi connectivity index (χ1) is 21.7. The van der Waals surface area contributed by atoms with Gasteiger partial charge in [0.25, 0.3) is 0 Å². The number of ether oxygens (including phenoxy) is 1. The first kappa shape index (κ1) is 29.7. The van der Waals surface area contributed by atoms with E-state index in [1.54, 1.807) is 35.4 Å². The highest BCUT2D eigenvalue weighted by Gasteiger charge is 2.31. The van der Waals surface area contributed by atoms with E-state index in [1.807, 2.05) is 12.1 Å². The van der Waals surface area contributed by atoms with Crippen LogP contribution in [0.3, 0.4) is 0 Å². The van der Waals surface area contributed by atoms with Gasteiger partial charge in [-0.1, -0.05) is 17.4 Å². The van der Waals surface area contributed by atoms with Crippen LogP contribution in [0.1, 0.15) is 24.8 Å². The molecular formula is C31H24F3N7O3S. The van der Waals surface area contributed by atoms with E-state index in [-0.39, 0.29) is 23.3 Å². The summed E-state index contributed by atoms with van der Waals surface area (Å²) in [6, 6.07) is 12.8. The predicted molar refractivity (Wildman–Crippen MR) is 163 cm³/mol. The Labute approximate surface area is 259 Å². The van der Waals surface area contributed by atoms with Crippen LogP contribution >= 0.6 is 11.3 Å². The average Bonchev–Trinajstić information content (AvgIpc) is 3.53. The van der Waals surface area contributed by atoms with Crippen LogP contribution in [-0.4, -0.2) is 38.4 Å². The number of aromatic nitrogens is 4. The molecule has 1 aliphatic heterocycles. The summed E-state index contributed by atoms with van der Waals surface area (Å²) in [5.74, 6) is 0.569. The summed E-state index contributed by atoms with van der Waals surface area (Å²) in [5.41, 5.74) is 1.14. The number of nitrogens with zero attached hydrogens (tertiary/aromatic N) is 5. The molecule has 2 aromatic carbocycles. The summed E-state index contributed by atoms with van der Waals surface area (Å²) >= 11 is 1.45. The first-order valence-corrected chi connectivity index (χ1v) is 14.6. The van der Waals surface area contributed by atoms with Crippen molar-refractivity contribution in [3.63, 3.8) is 0 Å². The number of anilines is 3. The van der Waals surface area contributed by atoms with Gasteiger partial charge in [-0.2, -0.15) is 13.2 Å². The van der Waals surface area contributed by atoms with E-state index in [0.29, 0.717) is 35.0 Å². The Morgan fingerprint density at radius 3 is 2.36 bits per heavy atom. The number of halogens is 3. The van der Waals surface area contributed by atoms with Crippen LogP contribution in [0.15, 0.2) is 85.6 Å². The molecule has 228 valence electrons. The van der Waals surface area contributed by atoms with Crippen LogP contribution in [0.4, 0.5) is 34.5 Å². The Balaban J connectivity index is 1.08. The molecule has 0 spiro atoms. The largest absolute Gasteiger partial charge is 0.424 e. The number of alkyl halides is 3. The Morgan fingerprint density at radius 1 is 0.889 bits per heavy atom. The lowest BCUT2D eigenvalue weighted by atomic mass is 10.0. The summed E-state index contributed by atoms with van der Waals surface area (Å²) in [4.78, 5) is 44.2. The van der Waals surface area contributed by atoms with Gasteiger partial charge in [0.05, 0.1) is 34.2 Å². The van der Waals surface area contributed by atoms with Crippen molar-refractivity contribution in [2.24, 2.45) is 0 Å². The molecule has 10 nitrogen and oxygen atoms in total. The zero-order valence-electron chi connectivity index (χ0n) is 23.4. The van der Waals surface area contributed by atoms with Gasteiger partial charge in [0.2, 0.25) is 5.91 Å². The molecule has 6 rings (SSSR count). The van der Waals surface area contributed by atoms with E-state index in [1.165, 1.54) is 42.2 Å². The number of benzene rings is 2. The van der Waals surface area contributed by atoms with Crippen molar-refractivity contribution in [3.05, 3.63) is 91.1 Å². The second kappa shape index (κ2) is 12.7. The second-order valence-electron chi connectivity index (χ2n) is 9.96. The fourth-order valence-corrected chi connectivity index (χ4v) is 5.61. The fourth-order valence-electron chi connectivity index (χ4n) is 4.65. The third kappa shape index (κ3) is 7.07. The number of amides is 3. The number of carbonyl (C=O) groups is 2. The summed E-state index contributed by atoms with van der Waals surface area (Å²) < 4.78 is 45.8. The topological polar surface area (TPSA) is 122 Å². The lowest BCUT2D eigenvalue weighted by Gasteiger charge is -2.23. The smallest absolute Gasteiger partial charge is 0.416 e. The SMILES string of the molecule is O=C(Nc1cnc(Oc2ccc(-c3cnc(N4CCCCC4=O)s3)cc2)nc1)Nc1cc(C(F)(F)F)ccc1-c1ccncc1. The van der Waals surface area contributed by atoms with Crippen LogP contribution in [-0.2, 0) is 11.0 Å². The highest BCUT2D eigenvalue weighted by molar-refractivity contribution is 7.19. The van der Waals surface area contributed by atoms with Crippen LogP contribution in [0.2, 0.25) is 0 Å². The fraction of sp³-hybridized carbons (Fsp3) is 0.161. The van der Waals surface area contributed by atoms with Crippen LogP contribution in [0.5, 0.6) is 11.8 Å². The Morgan fingerprint density at radius 2 is 1.64 bits per heavy atom. The zero-order chi connectivity index (χ0) is 31.4. The zero-order valence-corrected chi connectivity index (χ0v) is 24.2. The van der Waals surface area contributed by atoms with Gasteiger partial charge in [-0.05, 0) is 72.5 Å². The van der Waals surface area contributed by atoms with Gasteiger partial charge in [-0.3, -0.25) is 14.7 Å². The van der Waals surface area contributed by atoms with Crippen LogP contribution < -0.4 is 20.3 Å². The van der Waals surface area contributed by atoms with Gasteiger partial charge < -0.3 is 15.4 Å². The Kier molecular flexibility index (Phi) is 8.38. The molecule has 0 unspecified atom stereocenters. The van der Waals surface area contributed by atoms with E-state index in [9.17, 15) is 22.8 Å². The predicted octanol–water partition coefficient (Wildman–Crippen LogP) is 7.63. The highest BCUT2D eigenvalue weighted by Crippen LogP contribution is 2.36. The van der Waals surface area contributed by atoms with Gasteiger partial charge in [-0.25, -0.2) is 19.7 Å². The van der Waals surface area contributed by atoms with Crippen molar-refractivity contribution >= 4 is 39.8 Å². The van der Waals surface area contributed by atoms with Crippen molar-refractivity contribution in [1.82, 2.24) is 19.9 Å². The summed E-state index contributed by atoms with van der Waals surface area (Å²) in [6.45, 7) is 0.681. The minimum absolute atomic E-state index is 0.0234. The van der Waals surface area contributed by atoms with E-state index in [4.69, 9.17) is 4.74 Å². The molecule has 0 saturated carbocycles. The molecule has 0 bridgehead atoms. The lowest BCUT2D eigenvalue weighted by Crippen LogP contribution is -2.34. The number of pyridine rings is 1. The number of urea groups is 1. The molecular weight excluding hydrogens is 607 g/mol. The van der Waals surface area contributed by atoms with Crippen LogP contribution in [0, 0.1) is 0 Å². The van der Waals surface area contributed by atoms with Gasteiger partial charge in [0.1, 0.15) is 5.75 Å². The quantitative estimate of drug-likeness (QED) is 0.189. The summed E-state index contributed by atoms with van der Waals surface area (Å²) in [5, 5.41) is 5.69. The van der Waals surface area contributed by atoms with E-state index >= 15 is 0 Å². The number of hydrogen-bond donors (Lipinski definition) is 2. The third-order valence-corrected chi connectivity index (χ3v) is 7.94. The number of thiazole rings is 1. The normalized spacial score (nSPS) is 13.4. The van der Waals surface area contributed by atoms with E-state index in [2.05, 4.69) is 30.6 Å². The lowest BCUT2D eigenvalue weighted by molar-refractivity contribution is -0.137. The molecule has 4 heterocycles. The standard InChI is InChI=1S/C31H24F3N7O3S/c32-31(33,34)21-6-9-24(19-10-12-35-13-11-19)25(15-21)40-28(43)39-22-16-36-29(37-17-22)44-23-7-4-20(5-8-23)26-18-38-30(45-26)41-14-2-1-3-27(41)42/h4-13,15-18H,1-3,14H2,(H2,39,40,43). The average molecular weight is 632 g/mol. The number of rotatable bonds is 7. The van der Waals surface area contributed by atoms with Crippen molar-refractivity contribution in [2.75, 3.05) is 22.1 Å². The molecule has 3 aromatic heterocycles. The van der Waals surface area contributed by atoms with Gasteiger partial charge >= 0.3 is 18.2 Å². The van der Waals surface area contributed by atoms with Crippen molar-refractivity contribution < 1.29 is 27.5 Å². The molecule has 0 aliphatic carbocycles. The summed E-state index contributed by atoms with van der Waals surface area (Å²) in [7, 11) is 0. The first-order valence-electron chi connectivity index (χ1n) is 13.8. The number of carbonyl (C=O) groups excluding carboxylic acids is 2. The number of piperidine rings is 1. The molecule has 0 radical (unpaired) electrons. The molecule has 2 N–H and O–H groups in total. The van der Waals surface area contributed by atoms with E-state index in [0.717, 1.165) is 35.4 Å². The maximum Gasteiger partial charge on any atom is 0.416 e. The molecule has 14 heteroatoms. The van der Waals surface area contributed by atoms with Crippen LogP contribution in [0.25, 0.3) is 21.6 Å². The monoisotopic (exact) mass is 631 g/mol. The highest BCUT2D eigenvalue weighted by atomic mass is 32.1. The molecule has 45 heavy (non-hydrogen) atoms. The molecule has 0 atom stereocenters. The Bertz CT molecular complexity index is 1820. The maximum absolute atomic E-state index is 13.4. The molecule has 1 saturated heterocycles. The van der Waals surface area contributed by atoms with Gasteiger partial charge in [0.15, 0.2) is 5.13 Å². The van der Waals surface area contributed by atoms with Crippen molar-refractivity contribution in [3.8, 4) is 33.3 Å². The van der Waals surface area contributed by atoms with Crippen molar-refractivity contribution in [2.45, 2.75) is 25.4 Å². The molecule has 1 fully saturated rings. The minimum atomic E-state index is -4.59. The second-order valence-corrected chi connectivity index (χ2v) is 11.0. The third-order valence-electron chi connectivity index (χ3n) is 6.87. The van der Waals surface area contributed by atoms with Gasteiger partial charge in [0, 0.05) is 37.1 Å². The van der Waals surface area contributed by atoms with Gasteiger partial charge in [-0.15, -0.1) is 0 Å². The van der Waals surface area contributed by atoms with E-state index < -0.39 is 17.8 Å². The maximum atomic E-state index is 13.4. The summed E-state index contributed by atoms with van der Waals surface area (Å²) in [6.07, 6.45) is 5.20. The minimum Gasteiger partial charge on any atom is -0.424 e. The molecule has 3 amide bonds. The molecule has 1 aliphatic rings. The number of nitrogens with one attached hydrogen (secondary N) is 2. The van der Waals surface area contributed by atoms with Crippen molar-refractivity contribution in [1.29, 1.82) is 0 Å². The molecule has 5 aromatic rings. The Hall–Kier alpha value is -5.37. The number of hydrogen-bond acceptors (Lipinski definition) is 8.